The molecule has 0 aliphatic carbocycles. The number of ether oxygens (including phenoxy) is 2. The zero-order chi connectivity index (χ0) is 28.6. The lowest BCUT2D eigenvalue weighted by Crippen LogP contribution is -2.31. The fourth-order valence-corrected chi connectivity index (χ4v) is 5.26. The number of nitrogens with zero attached hydrogens (tertiary/aromatic N) is 5. The lowest BCUT2D eigenvalue weighted by atomic mass is 10.1. The largest absolute Gasteiger partial charge is 0.497 e. The molecule has 0 bridgehead atoms. The van der Waals surface area contributed by atoms with E-state index in [1.54, 1.807) is 16.7 Å². The van der Waals surface area contributed by atoms with Gasteiger partial charge in [-0.2, -0.15) is 0 Å². The van der Waals surface area contributed by atoms with Gasteiger partial charge in [-0.15, -0.1) is 16.4 Å². The van der Waals surface area contributed by atoms with Crippen LogP contribution in [-0.4, -0.2) is 82.0 Å². The molecular formula is C28H31N7O5S. The highest BCUT2D eigenvalue weighted by atomic mass is 32.1. The van der Waals surface area contributed by atoms with E-state index in [-0.39, 0.29) is 6.03 Å². The first-order valence-corrected chi connectivity index (χ1v) is 14.2. The lowest BCUT2D eigenvalue weighted by molar-refractivity contribution is 0.194. The van der Waals surface area contributed by atoms with Gasteiger partial charge in [-0.1, -0.05) is 5.21 Å². The van der Waals surface area contributed by atoms with Crippen LogP contribution in [0.3, 0.4) is 0 Å². The maximum absolute atomic E-state index is 12.0. The van der Waals surface area contributed by atoms with E-state index < -0.39 is 6.09 Å². The Hall–Kier alpha value is -4.65. The van der Waals surface area contributed by atoms with Gasteiger partial charge in [-0.25, -0.2) is 19.3 Å². The number of thiazole rings is 1. The van der Waals surface area contributed by atoms with E-state index >= 15 is 0 Å². The smallest absolute Gasteiger partial charge is 0.404 e. The number of rotatable bonds is 13. The number of aryl methyl sites for hydroxylation is 1. The first-order chi connectivity index (χ1) is 20.0. The van der Waals surface area contributed by atoms with Gasteiger partial charge in [0, 0.05) is 36.6 Å². The summed E-state index contributed by atoms with van der Waals surface area (Å²) in [5.74, 6) is 1.42. The van der Waals surface area contributed by atoms with Crippen molar-refractivity contribution in [1.82, 2.24) is 35.5 Å². The predicted octanol–water partition coefficient (Wildman–Crippen LogP) is 4.06. The second-order valence-electron chi connectivity index (χ2n) is 9.36. The molecule has 5 rings (SSSR count). The van der Waals surface area contributed by atoms with Crippen LogP contribution in [0.1, 0.15) is 18.5 Å². The van der Waals surface area contributed by atoms with E-state index in [2.05, 4.69) is 20.9 Å². The fraction of sp³-hybridized carbons (Fsp3) is 0.321. The molecule has 3 N–H and O–H groups in total. The highest BCUT2D eigenvalue weighted by Crippen LogP contribution is 2.36. The summed E-state index contributed by atoms with van der Waals surface area (Å²) in [6.45, 7) is 2.49. The normalized spacial score (nSPS) is 12.8. The van der Waals surface area contributed by atoms with E-state index in [9.17, 15) is 9.59 Å². The highest BCUT2D eigenvalue weighted by Gasteiger charge is 2.20. The SMILES string of the molecule is COc1ccc(-c2csc(-c3ccc(-n4cc(CCCCNC(=O)O)nn4)cc3OCCN3CCNC3=O)n2)cc1. The van der Waals surface area contributed by atoms with Crippen LogP contribution in [0.15, 0.2) is 54.0 Å². The van der Waals surface area contributed by atoms with Crippen molar-refractivity contribution in [2.45, 2.75) is 19.3 Å². The fourth-order valence-electron chi connectivity index (χ4n) is 4.40. The minimum atomic E-state index is -1.02. The number of nitrogens with one attached hydrogen (secondary N) is 2. The minimum Gasteiger partial charge on any atom is -0.497 e. The van der Waals surface area contributed by atoms with Crippen LogP contribution in [0.5, 0.6) is 11.5 Å². The zero-order valence-corrected chi connectivity index (χ0v) is 23.4. The molecule has 2 aromatic carbocycles. The Bertz CT molecular complexity index is 1490. The summed E-state index contributed by atoms with van der Waals surface area (Å²) >= 11 is 1.53. The van der Waals surface area contributed by atoms with Crippen molar-refractivity contribution in [3.05, 3.63) is 59.7 Å². The first kappa shape index (κ1) is 27.9. The molecule has 4 aromatic rings. The third-order valence-corrected chi connectivity index (χ3v) is 7.47. The molecule has 41 heavy (non-hydrogen) atoms. The van der Waals surface area contributed by atoms with Gasteiger partial charge in [-0.3, -0.25) is 0 Å². The zero-order valence-electron chi connectivity index (χ0n) is 22.6. The molecule has 12 nitrogen and oxygen atoms in total. The molecule has 1 aliphatic heterocycles. The van der Waals surface area contributed by atoms with Crippen LogP contribution in [0.4, 0.5) is 9.59 Å². The minimum absolute atomic E-state index is 0.0829. The van der Waals surface area contributed by atoms with E-state index in [1.165, 1.54) is 11.3 Å². The van der Waals surface area contributed by atoms with Crippen LogP contribution in [0.25, 0.3) is 27.5 Å². The predicted molar refractivity (Wildman–Crippen MR) is 154 cm³/mol. The monoisotopic (exact) mass is 577 g/mol. The first-order valence-electron chi connectivity index (χ1n) is 13.3. The molecule has 1 fully saturated rings. The second-order valence-corrected chi connectivity index (χ2v) is 10.2. The molecule has 2 aromatic heterocycles. The average molecular weight is 578 g/mol. The molecule has 1 aliphatic rings. The van der Waals surface area contributed by atoms with Crippen LogP contribution >= 0.6 is 11.3 Å². The molecule has 0 atom stereocenters. The lowest BCUT2D eigenvalue weighted by Gasteiger charge is -2.16. The number of hydrogen-bond donors (Lipinski definition) is 3. The van der Waals surface area contributed by atoms with E-state index in [4.69, 9.17) is 19.6 Å². The number of carbonyl (C=O) groups excluding carboxylic acids is 1. The van der Waals surface area contributed by atoms with Crippen LogP contribution in [0, 0.1) is 0 Å². The quantitative estimate of drug-likeness (QED) is 0.202. The molecule has 214 valence electrons. The number of carbonyl (C=O) groups is 2. The van der Waals surface area contributed by atoms with Gasteiger partial charge in [0.2, 0.25) is 0 Å². The Morgan fingerprint density at radius 3 is 2.80 bits per heavy atom. The standard InChI is InChI=1S/C28H31N7O5S/c1-39-22-8-5-19(6-9-22)24-18-41-26(31-24)23-10-7-21(16-25(23)40-15-14-34-13-12-29-27(34)36)35-17-20(32-33-35)4-2-3-11-30-28(37)38/h5-10,16-18,30H,2-4,11-15H2,1H3,(H,29,36)(H,37,38). The van der Waals surface area contributed by atoms with Gasteiger partial charge in [0.1, 0.15) is 23.1 Å². The Morgan fingerprint density at radius 1 is 1.20 bits per heavy atom. The van der Waals surface area contributed by atoms with Gasteiger partial charge in [-0.05, 0) is 55.7 Å². The summed E-state index contributed by atoms with van der Waals surface area (Å²) < 4.78 is 13.2. The van der Waals surface area contributed by atoms with Gasteiger partial charge in [0.25, 0.3) is 0 Å². The molecule has 0 unspecified atom stereocenters. The van der Waals surface area contributed by atoms with Crippen molar-refractivity contribution in [2.75, 3.05) is 39.9 Å². The van der Waals surface area contributed by atoms with Crippen molar-refractivity contribution in [3.63, 3.8) is 0 Å². The molecule has 0 spiro atoms. The third-order valence-electron chi connectivity index (χ3n) is 6.59. The van der Waals surface area contributed by atoms with Crippen LogP contribution < -0.4 is 20.1 Å². The molecule has 13 heteroatoms. The van der Waals surface area contributed by atoms with E-state index in [0.717, 1.165) is 45.4 Å². The summed E-state index contributed by atoms with van der Waals surface area (Å²) in [5.41, 5.74) is 4.28. The maximum atomic E-state index is 12.0. The topological polar surface area (TPSA) is 144 Å². The summed E-state index contributed by atoms with van der Waals surface area (Å²) in [6.07, 6.45) is 3.04. The summed E-state index contributed by atoms with van der Waals surface area (Å²) in [4.78, 5) is 29.2. The molecule has 3 amide bonds. The Kier molecular flexibility index (Phi) is 8.94. The van der Waals surface area contributed by atoms with Crippen molar-refractivity contribution in [3.8, 4) is 39.0 Å². The van der Waals surface area contributed by atoms with E-state index in [0.29, 0.717) is 51.4 Å². The van der Waals surface area contributed by atoms with Crippen LogP contribution in [0.2, 0.25) is 0 Å². The van der Waals surface area contributed by atoms with Gasteiger partial charge in [0.15, 0.2) is 0 Å². The number of unbranched alkanes of at least 4 members (excludes halogenated alkanes) is 1. The van der Waals surface area contributed by atoms with Crippen molar-refractivity contribution in [2.24, 2.45) is 0 Å². The molecule has 1 saturated heterocycles. The van der Waals surface area contributed by atoms with Gasteiger partial charge >= 0.3 is 12.1 Å². The van der Waals surface area contributed by atoms with Crippen molar-refractivity contribution in [1.29, 1.82) is 0 Å². The average Bonchev–Trinajstić information content (AvgIpc) is 3.75. The number of aromatic nitrogens is 4. The number of carboxylic acid groups (broad SMARTS) is 1. The van der Waals surface area contributed by atoms with Crippen LogP contribution in [-0.2, 0) is 6.42 Å². The second kappa shape index (κ2) is 13.1. The number of benzene rings is 2. The van der Waals surface area contributed by atoms with Gasteiger partial charge < -0.3 is 30.1 Å². The molecule has 0 saturated carbocycles. The Morgan fingerprint density at radius 2 is 2.05 bits per heavy atom. The Labute approximate surface area is 240 Å². The number of methoxy groups -OCH3 is 1. The summed E-state index contributed by atoms with van der Waals surface area (Å²) in [6, 6.07) is 13.5. The summed E-state index contributed by atoms with van der Waals surface area (Å²) in [7, 11) is 1.64. The van der Waals surface area contributed by atoms with Gasteiger partial charge in [0.05, 0.1) is 42.5 Å². The number of hydrogen-bond acceptors (Lipinski definition) is 8. The maximum Gasteiger partial charge on any atom is 0.404 e. The Balaban J connectivity index is 1.34. The van der Waals surface area contributed by atoms with Crippen molar-refractivity contribution < 1.29 is 24.2 Å². The highest BCUT2D eigenvalue weighted by molar-refractivity contribution is 7.13. The molecular weight excluding hydrogens is 546 g/mol. The molecule has 0 radical (unpaired) electrons. The molecule has 3 heterocycles. The third kappa shape index (κ3) is 7.11. The number of urea groups is 1. The van der Waals surface area contributed by atoms with Crippen molar-refractivity contribution >= 4 is 23.5 Å². The number of amides is 3. The van der Waals surface area contributed by atoms with E-state index in [1.807, 2.05) is 54.0 Å². The summed E-state index contributed by atoms with van der Waals surface area (Å²) in [5, 5.41) is 25.2.